The molecule has 7 nitrogen and oxygen atoms in total. The molecule has 2 aromatic carbocycles. The van der Waals surface area contributed by atoms with E-state index in [0.717, 1.165) is 18.4 Å². The third-order valence-corrected chi connectivity index (χ3v) is 5.48. The molecule has 1 aliphatic rings. The van der Waals surface area contributed by atoms with E-state index in [-0.39, 0.29) is 24.2 Å². The topological polar surface area (TPSA) is 78.2 Å². The van der Waals surface area contributed by atoms with Crippen LogP contribution in [0.15, 0.2) is 59.4 Å². The lowest BCUT2D eigenvalue weighted by Gasteiger charge is -2.13. The standard InChI is InChI=1S/C23H26N4O3/c1-16(18-8-9-18)24-22(28)15-26-21(14-17-6-4-3-5-7-17)25-27(23(26)29)19-10-12-20(30-2)13-11-19/h3-7,10-13,16,18H,8-9,14-15H2,1-2H3,(H,24,28)/t16-/m1/s1. The van der Waals surface area contributed by atoms with E-state index in [1.54, 1.807) is 31.4 Å². The zero-order chi connectivity index (χ0) is 21.1. The van der Waals surface area contributed by atoms with Crippen LogP contribution in [0.2, 0.25) is 0 Å². The monoisotopic (exact) mass is 406 g/mol. The van der Waals surface area contributed by atoms with Gasteiger partial charge in [0.05, 0.1) is 12.8 Å². The first-order valence-electron chi connectivity index (χ1n) is 10.2. The van der Waals surface area contributed by atoms with Crippen molar-refractivity contribution in [2.45, 2.75) is 38.8 Å². The Bertz CT molecular complexity index is 1070. The maximum absolute atomic E-state index is 13.2. The second-order valence-electron chi connectivity index (χ2n) is 7.75. The summed E-state index contributed by atoms with van der Waals surface area (Å²) in [5.74, 6) is 1.64. The molecule has 1 atom stereocenters. The van der Waals surface area contributed by atoms with Crippen LogP contribution in [0.25, 0.3) is 5.69 Å². The average molecular weight is 406 g/mol. The number of carbonyl (C=O) groups excluding carboxylic acids is 1. The number of aromatic nitrogens is 3. The molecule has 4 rings (SSSR count). The van der Waals surface area contributed by atoms with Gasteiger partial charge in [-0.3, -0.25) is 9.36 Å². The number of rotatable bonds is 8. The van der Waals surface area contributed by atoms with Crippen molar-refractivity contribution in [1.82, 2.24) is 19.7 Å². The molecule has 1 heterocycles. The first kappa shape index (κ1) is 19.9. The van der Waals surface area contributed by atoms with E-state index >= 15 is 0 Å². The minimum Gasteiger partial charge on any atom is -0.497 e. The van der Waals surface area contributed by atoms with Crippen LogP contribution in [0.1, 0.15) is 31.2 Å². The SMILES string of the molecule is COc1ccc(-n2nc(Cc3ccccc3)n(CC(=O)N[C@H](C)C3CC3)c2=O)cc1. The molecule has 1 aromatic heterocycles. The Labute approximate surface area is 175 Å². The summed E-state index contributed by atoms with van der Waals surface area (Å²) in [6.07, 6.45) is 2.76. The second-order valence-corrected chi connectivity index (χ2v) is 7.75. The van der Waals surface area contributed by atoms with Crippen molar-refractivity contribution in [3.05, 3.63) is 76.5 Å². The van der Waals surface area contributed by atoms with Crippen molar-refractivity contribution < 1.29 is 9.53 Å². The Kier molecular flexibility index (Phi) is 5.70. The van der Waals surface area contributed by atoms with Crippen molar-refractivity contribution in [3.8, 4) is 11.4 Å². The molecule has 1 fully saturated rings. The Morgan fingerprint density at radius 2 is 1.87 bits per heavy atom. The van der Waals surface area contributed by atoms with E-state index in [1.165, 1.54) is 9.25 Å². The normalized spacial score (nSPS) is 14.3. The van der Waals surface area contributed by atoms with Crippen LogP contribution >= 0.6 is 0 Å². The molecule has 0 aliphatic heterocycles. The van der Waals surface area contributed by atoms with Crippen LogP contribution in [0.4, 0.5) is 0 Å². The van der Waals surface area contributed by atoms with Crippen molar-refractivity contribution in [3.63, 3.8) is 0 Å². The molecule has 1 aliphatic carbocycles. The van der Waals surface area contributed by atoms with Crippen LogP contribution in [-0.2, 0) is 17.8 Å². The molecule has 0 spiro atoms. The fourth-order valence-electron chi connectivity index (χ4n) is 3.55. The summed E-state index contributed by atoms with van der Waals surface area (Å²) < 4.78 is 8.00. The average Bonchev–Trinajstić information content (AvgIpc) is 3.57. The minimum atomic E-state index is -0.333. The van der Waals surface area contributed by atoms with E-state index in [0.29, 0.717) is 29.6 Å². The number of amides is 1. The number of ether oxygens (including phenoxy) is 1. The highest BCUT2D eigenvalue weighted by Gasteiger charge is 2.29. The summed E-state index contributed by atoms with van der Waals surface area (Å²) in [6, 6.07) is 17.0. The van der Waals surface area contributed by atoms with Gasteiger partial charge < -0.3 is 10.1 Å². The molecule has 0 bridgehead atoms. The first-order valence-corrected chi connectivity index (χ1v) is 10.2. The fourth-order valence-corrected chi connectivity index (χ4v) is 3.55. The third-order valence-electron chi connectivity index (χ3n) is 5.48. The predicted molar refractivity (Wildman–Crippen MR) is 114 cm³/mol. The van der Waals surface area contributed by atoms with Gasteiger partial charge in [-0.15, -0.1) is 5.10 Å². The molecule has 30 heavy (non-hydrogen) atoms. The molecule has 0 saturated heterocycles. The van der Waals surface area contributed by atoms with Gasteiger partial charge in [-0.2, -0.15) is 4.68 Å². The van der Waals surface area contributed by atoms with Crippen molar-refractivity contribution >= 4 is 5.91 Å². The zero-order valence-electron chi connectivity index (χ0n) is 17.2. The van der Waals surface area contributed by atoms with E-state index in [4.69, 9.17) is 4.74 Å². The predicted octanol–water partition coefficient (Wildman–Crippen LogP) is 2.55. The molecular weight excluding hydrogens is 380 g/mol. The number of carbonyl (C=O) groups is 1. The number of hydrogen-bond donors (Lipinski definition) is 1. The Balaban J connectivity index is 1.65. The largest absolute Gasteiger partial charge is 0.497 e. The number of methoxy groups -OCH3 is 1. The molecule has 1 amide bonds. The second kappa shape index (κ2) is 8.57. The van der Waals surface area contributed by atoms with Gasteiger partial charge in [0.1, 0.15) is 18.1 Å². The van der Waals surface area contributed by atoms with Crippen molar-refractivity contribution in [1.29, 1.82) is 0 Å². The van der Waals surface area contributed by atoms with Gasteiger partial charge in [0.25, 0.3) is 0 Å². The van der Waals surface area contributed by atoms with E-state index in [2.05, 4.69) is 10.4 Å². The van der Waals surface area contributed by atoms with Crippen LogP contribution < -0.4 is 15.7 Å². The highest BCUT2D eigenvalue weighted by molar-refractivity contribution is 5.76. The quantitative estimate of drug-likeness (QED) is 0.624. The van der Waals surface area contributed by atoms with Gasteiger partial charge in [-0.25, -0.2) is 4.79 Å². The molecule has 0 unspecified atom stereocenters. The zero-order valence-corrected chi connectivity index (χ0v) is 17.2. The Morgan fingerprint density at radius 3 is 2.50 bits per heavy atom. The van der Waals surface area contributed by atoms with E-state index < -0.39 is 0 Å². The molecule has 1 N–H and O–H groups in total. The highest BCUT2D eigenvalue weighted by atomic mass is 16.5. The number of benzene rings is 2. The molecular formula is C23H26N4O3. The highest BCUT2D eigenvalue weighted by Crippen LogP contribution is 2.32. The number of nitrogens with one attached hydrogen (secondary N) is 1. The van der Waals surface area contributed by atoms with Crippen LogP contribution in [-0.4, -0.2) is 33.4 Å². The van der Waals surface area contributed by atoms with Gasteiger partial charge in [-0.1, -0.05) is 30.3 Å². The van der Waals surface area contributed by atoms with E-state index in [9.17, 15) is 9.59 Å². The lowest BCUT2D eigenvalue weighted by Crippen LogP contribution is -2.39. The fraction of sp³-hybridized carbons (Fsp3) is 0.348. The molecule has 7 heteroatoms. The summed E-state index contributed by atoms with van der Waals surface area (Å²) in [6.45, 7) is 1.97. The van der Waals surface area contributed by atoms with Crippen LogP contribution in [0.3, 0.4) is 0 Å². The maximum atomic E-state index is 13.2. The Hall–Kier alpha value is -3.35. The summed E-state index contributed by atoms with van der Waals surface area (Å²) in [5.41, 5.74) is 1.32. The first-order chi connectivity index (χ1) is 14.5. The number of hydrogen-bond acceptors (Lipinski definition) is 4. The summed E-state index contributed by atoms with van der Waals surface area (Å²) in [4.78, 5) is 25.8. The molecule has 156 valence electrons. The van der Waals surface area contributed by atoms with Gasteiger partial charge >= 0.3 is 5.69 Å². The lowest BCUT2D eigenvalue weighted by atomic mass is 10.1. The summed E-state index contributed by atoms with van der Waals surface area (Å²) in [7, 11) is 1.59. The van der Waals surface area contributed by atoms with Crippen molar-refractivity contribution in [2.75, 3.05) is 7.11 Å². The maximum Gasteiger partial charge on any atom is 0.351 e. The molecule has 0 radical (unpaired) electrons. The van der Waals surface area contributed by atoms with Gasteiger partial charge in [0, 0.05) is 12.5 Å². The smallest absolute Gasteiger partial charge is 0.351 e. The van der Waals surface area contributed by atoms with Crippen LogP contribution in [0, 0.1) is 5.92 Å². The van der Waals surface area contributed by atoms with Gasteiger partial charge in [0.2, 0.25) is 5.91 Å². The molecule has 3 aromatic rings. The molecule has 1 saturated carbocycles. The number of nitrogens with zero attached hydrogens (tertiary/aromatic N) is 3. The van der Waals surface area contributed by atoms with Crippen molar-refractivity contribution in [2.24, 2.45) is 5.92 Å². The van der Waals surface area contributed by atoms with E-state index in [1.807, 2.05) is 37.3 Å². The summed E-state index contributed by atoms with van der Waals surface area (Å²) >= 11 is 0. The Morgan fingerprint density at radius 1 is 1.17 bits per heavy atom. The van der Waals surface area contributed by atoms with Gasteiger partial charge in [0.15, 0.2) is 0 Å². The third kappa shape index (κ3) is 4.45. The summed E-state index contributed by atoms with van der Waals surface area (Å²) in [5, 5.41) is 7.58. The lowest BCUT2D eigenvalue weighted by molar-refractivity contribution is -0.122. The van der Waals surface area contributed by atoms with Gasteiger partial charge in [-0.05, 0) is 55.5 Å². The van der Waals surface area contributed by atoms with Crippen LogP contribution in [0.5, 0.6) is 5.75 Å². The minimum absolute atomic E-state index is 0.0474.